The fourth-order valence-electron chi connectivity index (χ4n) is 3.42. The fraction of sp³-hybridized carbons (Fsp3) is 0.364. The number of thioether (sulfide) groups is 1. The minimum Gasteiger partial charge on any atom is -0.441 e. The van der Waals surface area contributed by atoms with Crippen molar-refractivity contribution in [3.63, 3.8) is 0 Å². The zero-order valence-corrected chi connectivity index (χ0v) is 17.4. The van der Waals surface area contributed by atoms with Gasteiger partial charge in [0, 0.05) is 31.8 Å². The topological polar surface area (TPSA) is 49.1 Å². The maximum Gasteiger partial charge on any atom is 0.266 e. The van der Waals surface area contributed by atoms with E-state index in [1.807, 2.05) is 26.0 Å². The summed E-state index contributed by atoms with van der Waals surface area (Å²) in [5.74, 6) is 1.20. The number of hydrogen-bond acceptors (Lipinski definition) is 5. The van der Waals surface area contributed by atoms with Crippen LogP contribution in [0.1, 0.15) is 32.4 Å². The molecule has 0 aliphatic carbocycles. The molecule has 5 nitrogen and oxygen atoms in total. The lowest BCUT2D eigenvalue weighted by Crippen LogP contribution is -2.32. The quantitative estimate of drug-likeness (QED) is 0.626. The number of aliphatic imine (C=N–C) groups is 1. The second-order valence-electron chi connectivity index (χ2n) is 7.64. The summed E-state index contributed by atoms with van der Waals surface area (Å²) >= 11 is 1.26. The number of benzene rings is 1. The van der Waals surface area contributed by atoms with Crippen LogP contribution in [0, 0.1) is 11.7 Å². The maximum absolute atomic E-state index is 14.1. The van der Waals surface area contributed by atoms with E-state index in [2.05, 4.69) is 9.89 Å². The Bertz CT molecular complexity index is 960. The second-order valence-corrected chi connectivity index (χ2v) is 8.65. The van der Waals surface area contributed by atoms with Crippen LogP contribution in [0.5, 0.6) is 0 Å². The molecule has 1 aromatic heterocycles. The van der Waals surface area contributed by atoms with Crippen molar-refractivity contribution < 1.29 is 13.6 Å². The van der Waals surface area contributed by atoms with Crippen molar-refractivity contribution in [3.8, 4) is 0 Å². The Morgan fingerprint density at radius 3 is 2.69 bits per heavy atom. The van der Waals surface area contributed by atoms with Crippen molar-refractivity contribution in [1.82, 2.24) is 4.90 Å². The van der Waals surface area contributed by atoms with Crippen LogP contribution in [0.2, 0.25) is 0 Å². The van der Waals surface area contributed by atoms with Gasteiger partial charge in [0.2, 0.25) is 0 Å². The van der Waals surface area contributed by atoms with E-state index in [4.69, 9.17) is 4.42 Å². The van der Waals surface area contributed by atoms with Crippen LogP contribution < -0.4 is 4.90 Å². The summed E-state index contributed by atoms with van der Waals surface area (Å²) in [6, 6.07) is 10.2. The summed E-state index contributed by atoms with van der Waals surface area (Å²) in [6.45, 7) is 6.59. The first-order valence-electron chi connectivity index (χ1n) is 9.90. The van der Waals surface area contributed by atoms with Gasteiger partial charge in [0.1, 0.15) is 17.3 Å². The third kappa shape index (κ3) is 4.40. The van der Waals surface area contributed by atoms with E-state index in [-0.39, 0.29) is 17.5 Å². The van der Waals surface area contributed by atoms with E-state index < -0.39 is 5.82 Å². The number of amides is 1. The summed E-state index contributed by atoms with van der Waals surface area (Å²) in [7, 11) is 0. The maximum atomic E-state index is 14.1. The van der Waals surface area contributed by atoms with E-state index in [1.165, 1.54) is 30.7 Å². The van der Waals surface area contributed by atoms with Crippen molar-refractivity contribution in [2.75, 3.05) is 24.5 Å². The van der Waals surface area contributed by atoms with Gasteiger partial charge in [0.25, 0.3) is 5.91 Å². The summed E-state index contributed by atoms with van der Waals surface area (Å²) in [4.78, 5) is 21.8. The molecule has 0 spiro atoms. The average Bonchev–Trinajstić information content (AvgIpc) is 3.42. The van der Waals surface area contributed by atoms with Gasteiger partial charge in [-0.3, -0.25) is 9.69 Å². The van der Waals surface area contributed by atoms with Crippen LogP contribution in [-0.2, 0) is 4.79 Å². The van der Waals surface area contributed by atoms with Gasteiger partial charge in [-0.15, -0.1) is 0 Å². The van der Waals surface area contributed by atoms with Crippen LogP contribution in [0.4, 0.5) is 16.0 Å². The van der Waals surface area contributed by atoms with Gasteiger partial charge in [0.05, 0.1) is 4.91 Å². The standard InChI is InChI=1S/C22H24FN3O2S/c1-15(2)14-26-21(27)19(29-22(26)24-18-8-4-3-7-17(18)23)13-16-9-10-20(28-16)25-11-5-6-12-25/h3-4,7-10,13,15H,5-6,11-12,14H2,1-2H3/b19-13+,24-22?. The third-order valence-electron chi connectivity index (χ3n) is 4.81. The van der Waals surface area contributed by atoms with Crippen molar-refractivity contribution in [2.24, 2.45) is 10.9 Å². The predicted molar refractivity (Wildman–Crippen MR) is 116 cm³/mol. The van der Waals surface area contributed by atoms with E-state index in [0.29, 0.717) is 22.4 Å². The molecular formula is C22H24FN3O2S. The normalized spacial score (nSPS) is 20.1. The summed E-state index contributed by atoms with van der Waals surface area (Å²) in [6.07, 6.45) is 4.10. The molecule has 4 rings (SSSR count). The Balaban J connectivity index is 1.62. The van der Waals surface area contributed by atoms with Gasteiger partial charge in [-0.1, -0.05) is 26.0 Å². The Morgan fingerprint density at radius 2 is 1.97 bits per heavy atom. The highest BCUT2D eigenvalue weighted by molar-refractivity contribution is 8.18. The summed E-state index contributed by atoms with van der Waals surface area (Å²) < 4.78 is 20.0. The minimum atomic E-state index is -0.406. The Morgan fingerprint density at radius 1 is 1.21 bits per heavy atom. The van der Waals surface area contributed by atoms with E-state index in [9.17, 15) is 9.18 Å². The Kier molecular flexibility index (Phi) is 5.76. The zero-order chi connectivity index (χ0) is 20.4. The molecular weight excluding hydrogens is 389 g/mol. The first-order valence-corrected chi connectivity index (χ1v) is 10.7. The van der Waals surface area contributed by atoms with Gasteiger partial charge < -0.3 is 9.32 Å². The number of nitrogens with zero attached hydrogens (tertiary/aromatic N) is 3. The van der Waals surface area contributed by atoms with E-state index >= 15 is 0 Å². The molecule has 7 heteroatoms. The van der Waals surface area contributed by atoms with Crippen molar-refractivity contribution in [3.05, 3.63) is 52.9 Å². The molecule has 2 aromatic rings. The molecule has 0 unspecified atom stereocenters. The summed E-state index contributed by atoms with van der Waals surface area (Å²) in [5.41, 5.74) is 0.229. The molecule has 0 N–H and O–H groups in total. The van der Waals surface area contributed by atoms with Crippen molar-refractivity contribution in [1.29, 1.82) is 0 Å². The number of anilines is 1. The third-order valence-corrected chi connectivity index (χ3v) is 5.81. The zero-order valence-electron chi connectivity index (χ0n) is 16.6. The molecule has 152 valence electrons. The SMILES string of the molecule is CC(C)CN1C(=O)/C(=C\c2ccc(N3CCCC3)o2)SC1=Nc1ccccc1F. The van der Waals surface area contributed by atoms with Gasteiger partial charge in [-0.05, 0) is 48.7 Å². The van der Waals surface area contributed by atoms with Crippen LogP contribution in [0.25, 0.3) is 6.08 Å². The predicted octanol–water partition coefficient (Wildman–Crippen LogP) is 5.28. The van der Waals surface area contributed by atoms with Crippen LogP contribution in [0.15, 0.2) is 50.7 Å². The van der Waals surface area contributed by atoms with Crippen LogP contribution >= 0.6 is 11.8 Å². The number of carbonyl (C=O) groups excluding carboxylic acids is 1. The molecule has 1 amide bonds. The molecule has 2 saturated heterocycles. The molecule has 2 aliphatic rings. The number of halogens is 1. The number of hydrogen-bond donors (Lipinski definition) is 0. The largest absolute Gasteiger partial charge is 0.441 e. The molecule has 0 atom stereocenters. The van der Waals surface area contributed by atoms with Crippen molar-refractivity contribution in [2.45, 2.75) is 26.7 Å². The molecule has 2 aliphatic heterocycles. The first kappa shape index (κ1) is 19.8. The Hall–Kier alpha value is -2.54. The average molecular weight is 414 g/mol. The summed E-state index contributed by atoms with van der Waals surface area (Å²) in [5, 5.41) is 0.492. The molecule has 29 heavy (non-hydrogen) atoms. The molecule has 0 saturated carbocycles. The van der Waals surface area contributed by atoms with Gasteiger partial charge in [0.15, 0.2) is 11.1 Å². The van der Waals surface area contributed by atoms with Crippen molar-refractivity contribution >= 4 is 40.5 Å². The first-order chi connectivity index (χ1) is 14.0. The Labute approximate surface area is 174 Å². The molecule has 1 aromatic carbocycles. The number of amidine groups is 1. The van der Waals surface area contributed by atoms with E-state index in [1.54, 1.807) is 29.2 Å². The minimum absolute atomic E-state index is 0.127. The molecule has 2 fully saturated rings. The second kappa shape index (κ2) is 8.45. The van der Waals surface area contributed by atoms with Gasteiger partial charge in [-0.25, -0.2) is 9.38 Å². The molecule has 0 bridgehead atoms. The fourth-order valence-corrected chi connectivity index (χ4v) is 4.40. The van der Waals surface area contributed by atoms with Crippen LogP contribution in [0.3, 0.4) is 0 Å². The number of para-hydroxylation sites is 1. The molecule has 0 radical (unpaired) electrons. The molecule has 3 heterocycles. The lowest BCUT2D eigenvalue weighted by molar-refractivity contribution is -0.122. The van der Waals surface area contributed by atoms with Gasteiger partial charge >= 0.3 is 0 Å². The number of rotatable bonds is 5. The van der Waals surface area contributed by atoms with E-state index in [0.717, 1.165) is 19.0 Å². The smallest absolute Gasteiger partial charge is 0.266 e. The number of carbonyl (C=O) groups is 1. The lowest BCUT2D eigenvalue weighted by Gasteiger charge is -2.17. The van der Waals surface area contributed by atoms with Gasteiger partial charge in [-0.2, -0.15) is 0 Å². The van der Waals surface area contributed by atoms with Crippen LogP contribution in [-0.4, -0.2) is 35.6 Å². The number of furan rings is 1. The highest BCUT2D eigenvalue weighted by Crippen LogP contribution is 2.36. The highest BCUT2D eigenvalue weighted by Gasteiger charge is 2.34. The lowest BCUT2D eigenvalue weighted by atomic mass is 10.2. The monoisotopic (exact) mass is 413 g/mol. The highest BCUT2D eigenvalue weighted by atomic mass is 32.2.